The SMILES string of the molecule is CN1CCC(NC(=O)NC(=O)CCl)C1. The van der Waals surface area contributed by atoms with Gasteiger partial charge in [0.25, 0.3) is 0 Å². The van der Waals surface area contributed by atoms with Crippen LogP contribution >= 0.6 is 11.6 Å². The molecule has 1 aliphatic heterocycles. The zero-order chi connectivity index (χ0) is 10.6. The summed E-state index contributed by atoms with van der Waals surface area (Å²) in [6.07, 6.45) is 0.916. The van der Waals surface area contributed by atoms with E-state index in [-0.39, 0.29) is 11.9 Å². The first kappa shape index (κ1) is 11.3. The summed E-state index contributed by atoms with van der Waals surface area (Å²) < 4.78 is 0. The van der Waals surface area contributed by atoms with Crippen molar-refractivity contribution in [2.45, 2.75) is 12.5 Å². The Hall–Kier alpha value is -0.810. The van der Waals surface area contributed by atoms with Crippen LogP contribution in [-0.2, 0) is 4.79 Å². The first-order valence-electron chi connectivity index (χ1n) is 4.46. The molecule has 1 unspecified atom stereocenters. The van der Waals surface area contributed by atoms with Crippen molar-refractivity contribution in [3.63, 3.8) is 0 Å². The number of carbonyl (C=O) groups excluding carboxylic acids is 2. The molecule has 0 aromatic carbocycles. The van der Waals surface area contributed by atoms with Crippen molar-refractivity contribution in [2.75, 3.05) is 26.0 Å². The second-order valence-electron chi connectivity index (χ2n) is 3.40. The Morgan fingerprint density at radius 2 is 2.29 bits per heavy atom. The van der Waals surface area contributed by atoms with E-state index in [1.807, 2.05) is 7.05 Å². The molecule has 80 valence electrons. The summed E-state index contributed by atoms with van der Waals surface area (Å²) in [5.41, 5.74) is 0. The van der Waals surface area contributed by atoms with Gasteiger partial charge in [-0.2, -0.15) is 0 Å². The summed E-state index contributed by atoms with van der Waals surface area (Å²) in [5, 5.41) is 4.84. The fourth-order valence-corrected chi connectivity index (χ4v) is 1.50. The van der Waals surface area contributed by atoms with E-state index in [0.717, 1.165) is 19.5 Å². The molecular formula is C8H14ClN3O2. The highest BCUT2D eigenvalue weighted by atomic mass is 35.5. The molecule has 0 aromatic rings. The van der Waals surface area contributed by atoms with E-state index in [4.69, 9.17) is 11.6 Å². The first-order chi connectivity index (χ1) is 6.61. The number of carbonyl (C=O) groups is 2. The molecule has 1 aliphatic rings. The minimum absolute atomic E-state index is 0.128. The molecule has 6 heteroatoms. The maximum Gasteiger partial charge on any atom is 0.321 e. The highest BCUT2D eigenvalue weighted by Gasteiger charge is 2.21. The number of imide groups is 1. The Kier molecular flexibility index (Phi) is 4.16. The number of amides is 3. The van der Waals surface area contributed by atoms with Gasteiger partial charge in [-0.15, -0.1) is 11.6 Å². The molecule has 14 heavy (non-hydrogen) atoms. The predicted octanol–water partition coefficient (Wildman–Crippen LogP) is -0.245. The number of nitrogens with zero attached hydrogens (tertiary/aromatic N) is 1. The van der Waals surface area contributed by atoms with E-state index in [1.54, 1.807) is 0 Å². The third-order valence-electron chi connectivity index (χ3n) is 2.10. The van der Waals surface area contributed by atoms with Crippen LogP contribution in [0.15, 0.2) is 0 Å². The Bertz CT molecular complexity index is 235. The van der Waals surface area contributed by atoms with E-state index in [1.165, 1.54) is 0 Å². The third-order valence-corrected chi connectivity index (χ3v) is 2.34. The maximum absolute atomic E-state index is 11.2. The van der Waals surface area contributed by atoms with Gasteiger partial charge in [0.15, 0.2) is 0 Å². The fraction of sp³-hybridized carbons (Fsp3) is 0.750. The number of hydrogen-bond donors (Lipinski definition) is 2. The van der Waals surface area contributed by atoms with E-state index in [0.29, 0.717) is 0 Å². The van der Waals surface area contributed by atoms with Crippen LogP contribution in [0.1, 0.15) is 6.42 Å². The van der Waals surface area contributed by atoms with Crippen LogP contribution < -0.4 is 10.6 Å². The lowest BCUT2D eigenvalue weighted by molar-refractivity contribution is -0.117. The molecule has 0 aromatic heterocycles. The average Bonchev–Trinajstić information content (AvgIpc) is 2.50. The molecule has 1 heterocycles. The Morgan fingerprint density at radius 3 is 2.79 bits per heavy atom. The zero-order valence-electron chi connectivity index (χ0n) is 8.05. The quantitative estimate of drug-likeness (QED) is 0.630. The average molecular weight is 220 g/mol. The third kappa shape index (κ3) is 3.51. The van der Waals surface area contributed by atoms with Gasteiger partial charge in [0.05, 0.1) is 0 Å². The smallest absolute Gasteiger partial charge is 0.321 e. The fourth-order valence-electron chi connectivity index (χ4n) is 1.43. The number of urea groups is 1. The number of halogens is 1. The highest BCUT2D eigenvalue weighted by molar-refractivity contribution is 6.28. The van der Waals surface area contributed by atoms with Gasteiger partial charge in [0.1, 0.15) is 5.88 Å². The van der Waals surface area contributed by atoms with Crippen LogP contribution in [0.25, 0.3) is 0 Å². The minimum Gasteiger partial charge on any atom is -0.334 e. The standard InChI is InChI=1S/C8H14ClN3O2/c1-12-3-2-6(5-12)10-8(14)11-7(13)4-9/h6H,2-5H2,1H3,(H2,10,11,13,14). The molecule has 1 saturated heterocycles. The highest BCUT2D eigenvalue weighted by Crippen LogP contribution is 2.05. The van der Waals surface area contributed by atoms with Crippen molar-refractivity contribution in [2.24, 2.45) is 0 Å². The van der Waals surface area contributed by atoms with Crippen LogP contribution in [0.3, 0.4) is 0 Å². The van der Waals surface area contributed by atoms with E-state index < -0.39 is 11.9 Å². The Morgan fingerprint density at radius 1 is 1.57 bits per heavy atom. The number of alkyl halides is 1. The zero-order valence-corrected chi connectivity index (χ0v) is 8.80. The van der Waals surface area contributed by atoms with Crippen LogP contribution in [0.4, 0.5) is 4.79 Å². The summed E-state index contributed by atoms with van der Waals surface area (Å²) in [5.74, 6) is -0.673. The molecule has 0 bridgehead atoms. The molecule has 1 fully saturated rings. The summed E-state index contributed by atoms with van der Waals surface area (Å²) >= 11 is 5.24. The van der Waals surface area contributed by atoms with Gasteiger partial charge < -0.3 is 10.2 Å². The number of nitrogens with one attached hydrogen (secondary N) is 2. The molecule has 1 atom stereocenters. The summed E-state index contributed by atoms with van der Waals surface area (Å²) in [7, 11) is 1.99. The normalized spacial score (nSPS) is 22.0. The monoisotopic (exact) mass is 219 g/mol. The molecule has 2 N–H and O–H groups in total. The lowest BCUT2D eigenvalue weighted by Gasteiger charge is -2.12. The van der Waals surface area contributed by atoms with Gasteiger partial charge in [-0.1, -0.05) is 0 Å². The lowest BCUT2D eigenvalue weighted by Crippen LogP contribution is -2.45. The van der Waals surface area contributed by atoms with Crippen molar-refractivity contribution in [1.82, 2.24) is 15.5 Å². The summed E-state index contributed by atoms with van der Waals surface area (Å²) in [4.78, 5) is 24.0. The Balaban J connectivity index is 2.23. The molecule has 5 nitrogen and oxygen atoms in total. The predicted molar refractivity (Wildman–Crippen MR) is 53.3 cm³/mol. The number of likely N-dealkylation sites (N-methyl/N-ethyl adjacent to an activating group) is 1. The lowest BCUT2D eigenvalue weighted by atomic mass is 10.3. The number of likely N-dealkylation sites (tertiary alicyclic amines) is 1. The molecule has 0 radical (unpaired) electrons. The number of hydrogen-bond acceptors (Lipinski definition) is 3. The van der Waals surface area contributed by atoms with E-state index in [2.05, 4.69) is 15.5 Å². The number of rotatable bonds is 2. The van der Waals surface area contributed by atoms with Crippen molar-refractivity contribution < 1.29 is 9.59 Å². The van der Waals surface area contributed by atoms with Gasteiger partial charge in [-0.05, 0) is 20.0 Å². The second-order valence-corrected chi connectivity index (χ2v) is 3.67. The van der Waals surface area contributed by atoms with Gasteiger partial charge in [0, 0.05) is 12.6 Å². The molecule has 0 spiro atoms. The summed E-state index contributed by atoms with van der Waals surface area (Å²) in [6, 6.07) is -0.334. The largest absolute Gasteiger partial charge is 0.334 e. The molecular weight excluding hydrogens is 206 g/mol. The first-order valence-corrected chi connectivity index (χ1v) is 5.00. The molecule has 3 amide bonds. The summed E-state index contributed by atoms with van der Waals surface area (Å²) in [6.45, 7) is 1.79. The molecule has 0 saturated carbocycles. The Labute approximate surface area is 87.8 Å². The van der Waals surface area contributed by atoms with E-state index in [9.17, 15) is 9.59 Å². The van der Waals surface area contributed by atoms with Crippen molar-refractivity contribution in [1.29, 1.82) is 0 Å². The van der Waals surface area contributed by atoms with Crippen LogP contribution in [0, 0.1) is 0 Å². The van der Waals surface area contributed by atoms with Crippen molar-refractivity contribution >= 4 is 23.5 Å². The molecule has 0 aliphatic carbocycles. The maximum atomic E-state index is 11.2. The van der Waals surface area contributed by atoms with Gasteiger partial charge in [0.2, 0.25) is 5.91 Å². The second kappa shape index (κ2) is 5.17. The minimum atomic E-state index is -0.476. The van der Waals surface area contributed by atoms with E-state index >= 15 is 0 Å². The van der Waals surface area contributed by atoms with Gasteiger partial charge in [-0.25, -0.2) is 4.79 Å². The van der Waals surface area contributed by atoms with Crippen molar-refractivity contribution in [3.05, 3.63) is 0 Å². The van der Waals surface area contributed by atoms with Crippen LogP contribution in [-0.4, -0.2) is 48.9 Å². The topological polar surface area (TPSA) is 61.4 Å². The molecule has 1 rings (SSSR count). The van der Waals surface area contributed by atoms with Crippen molar-refractivity contribution in [3.8, 4) is 0 Å². The van der Waals surface area contributed by atoms with Gasteiger partial charge in [-0.3, -0.25) is 10.1 Å². The van der Waals surface area contributed by atoms with Crippen LogP contribution in [0.2, 0.25) is 0 Å². The van der Waals surface area contributed by atoms with Crippen LogP contribution in [0.5, 0.6) is 0 Å². The van der Waals surface area contributed by atoms with Gasteiger partial charge >= 0.3 is 6.03 Å².